The van der Waals surface area contributed by atoms with Crippen molar-refractivity contribution in [3.8, 4) is 0 Å². The van der Waals surface area contributed by atoms with E-state index in [9.17, 15) is 0 Å². The predicted molar refractivity (Wildman–Crippen MR) is 50.5 cm³/mol. The number of allylic oxidation sites excluding steroid dienone is 1. The Balaban J connectivity index is 3.59. The van der Waals surface area contributed by atoms with Crippen molar-refractivity contribution in [2.45, 2.75) is 26.4 Å². The van der Waals surface area contributed by atoms with Crippen LogP contribution in [0.25, 0.3) is 0 Å². The first-order valence-corrected chi connectivity index (χ1v) is 4.54. The Bertz CT molecular complexity index is 127. The van der Waals surface area contributed by atoms with E-state index in [4.69, 9.17) is 0 Å². The van der Waals surface area contributed by atoms with Crippen LogP contribution in [-0.4, -0.2) is 5.66 Å². The monoisotopic (exact) mass is 157 g/mol. The second-order valence-corrected chi connectivity index (χ2v) is 4.73. The summed E-state index contributed by atoms with van der Waals surface area (Å²) in [6.07, 6.45) is 3.69. The highest BCUT2D eigenvalue weighted by atomic mass is 31.1. The second-order valence-electron chi connectivity index (χ2n) is 2.50. The van der Waals surface area contributed by atoms with Crippen molar-refractivity contribution < 1.29 is 0 Å². The molecule has 0 fully saturated rings. The lowest BCUT2D eigenvalue weighted by Crippen LogP contribution is -1.92. The molecule has 0 spiro atoms. The van der Waals surface area contributed by atoms with Gasteiger partial charge in [-0.1, -0.05) is 29.0 Å². The summed E-state index contributed by atoms with van der Waals surface area (Å²) in [5, 5.41) is 4.36. The highest BCUT2D eigenvalue weighted by molar-refractivity contribution is 7.43. The molecule has 0 saturated carbocycles. The molecule has 0 amide bonds. The maximum absolute atomic E-state index is 3.56. The largest absolute Gasteiger partial charge is 0.368 e. The van der Waals surface area contributed by atoms with Gasteiger partial charge in [0, 0.05) is 6.20 Å². The summed E-state index contributed by atoms with van der Waals surface area (Å²) in [6.45, 7) is 10.1. The highest BCUT2D eigenvalue weighted by Gasteiger charge is 1.92. The predicted octanol–water partition coefficient (Wildman–Crippen LogP) is 2.67. The number of hydrogen-bond acceptors (Lipinski definition) is 1. The fraction of sp³-hybridized carbons (Fsp3) is 0.500. The molecule has 1 N–H and O–H groups in total. The van der Waals surface area contributed by atoms with Gasteiger partial charge in [0.05, 0.1) is 0 Å². The Morgan fingerprint density at radius 1 is 1.60 bits per heavy atom. The zero-order chi connectivity index (χ0) is 7.98. The molecule has 10 heavy (non-hydrogen) atoms. The fourth-order valence-electron chi connectivity index (χ4n) is 0.681. The first-order chi connectivity index (χ1) is 4.66. The summed E-state index contributed by atoms with van der Waals surface area (Å²) in [5.41, 5.74) is 0.767. The molecule has 0 heterocycles. The number of hydrogen-bond donors (Lipinski definition) is 1. The van der Waals surface area contributed by atoms with Gasteiger partial charge in [-0.3, -0.25) is 0 Å². The molecule has 0 aromatic rings. The van der Waals surface area contributed by atoms with Gasteiger partial charge in [0.15, 0.2) is 0 Å². The van der Waals surface area contributed by atoms with Crippen molar-refractivity contribution in [2.75, 3.05) is 0 Å². The van der Waals surface area contributed by atoms with Crippen molar-refractivity contribution in [3.05, 3.63) is 24.3 Å². The summed E-state index contributed by atoms with van der Waals surface area (Å²) in [7, 11) is 0.923. The average molecular weight is 157 g/mol. The maximum atomic E-state index is 3.56. The Morgan fingerprint density at radius 2 is 2.20 bits per heavy atom. The first-order valence-electron chi connectivity index (χ1n) is 3.47. The molecular formula is C8H16NP. The highest BCUT2D eigenvalue weighted by Crippen LogP contribution is 2.27. The molecule has 1 nitrogen and oxygen atoms in total. The molecule has 0 aliphatic carbocycles. The van der Waals surface area contributed by atoms with Gasteiger partial charge in [0.25, 0.3) is 0 Å². The van der Waals surface area contributed by atoms with Gasteiger partial charge in [0.1, 0.15) is 0 Å². The second kappa shape index (κ2) is 5.49. The van der Waals surface area contributed by atoms with Crippen molar-refractivity contribution in [2.24, 2.45) is 0 Å². The van der Waals surface area contributed by atoms with Gasteiger partial charge in [-0.2, -0.15) is 0 Å². The Labute approximate surface area is 65.4 Å². The molecule has 0 aliphatic heterocycles. The molecule has 58 valence electrons. The van der Waals surface area contributed by atoms with Gasteiger partial charge >= 0.3 is 0 Å². The Morgan fingerprint density at radius 3 is 2.60 bits per heavy atom. The van der Waals surface area contributed by atoms with E-state index in [2.05, 4.69) is 32.7 Å². The summed E-state index contributed by atoms with van der Waals surface area (Å²) < 4.78 is 0. The molecule has 0 radical (unpaired) electrons. The lowest BCUT2D eigenvalue weighted by molar-refractivity contribution is 1.10. The minimum atomic E-state index is 0.767. The smallest absolute Gasteiger partial charge is 0.00359 e. The van der Waals surface area contributed by atoms with Crippen LogP contribution in [0.5, 0.6) is 0 Å². The summed E-state index contributed by atoms with van der Waals surface area (Å²) >= 11 is 0. The van der Waals surface area contributed by atoms with Gasteiger partial charge in [-0.05, 0) is 24.1 Å². The topological polar surface area (TPSA) is 12.0 Å². The molecule has 1 atom stereocenters. The summed E-state index contributed by atoms with van der Waals surface area (Å²) in [5.74, 6) is 0. The Hall–Kier alpha value is -0.290. The summed E-state index contributed by atoms with van der Waals surface area (Å²) in [6, 6.07) is 0. The molecule has 2 heteroatoms. The molecular weight excluding hydrogens is 141 g/mol. The van der Waals surface area contributed by atoms with Crippen molar-refractivity contribution in [3.63, 3.8) is 0 Å². The third kappa shape index (κ3) is 5.84. The van der Waals surface area contributed by atoms with Crippen LogP contribution in [-0.2, 0) is 0 Å². The van der Waals surface area contributed by atoms with E-state index in [1.807, 2.05) is 6.20 Å². The molecule has 0 aromatic carbocycles. The molecule has 0 bridgehead atoms. The van der Waals surface area contributed by atoms with E-state index >= 15 is 0 Å². The van der Waals surface area contributed by atoms with E-state index < -0.39 is 0 Å². The zero-order valence-electron chi connectivity index (χ0n) is 6.94. The van der Waals surface area contributed by atoms with E-state index in [-0.39, 0.29) is 0 Å². The van der Waals surface area contributed by atoms with Crippen molar-refractivity contribution in [1.82, 2.24) is 5.32 Å². The molecule has 0 aromatic heterocycles. The van der Waals surface area contributed by atoms with Crippen molar-refractivity contribution >= 4 is 8.58 Å². The van der Waals surface area contributed by atoms with Gasteiger partial charge in [0.2, 0.25) is 0 Å². The molecule has 0 saturated heterocycles. The van der Waals surface area contributed by atoms with Gasteiger partial charge in [-0.25, -0.2) is 0 Å². The number of nitrogens with one attached hydrogen (secondary N) is 1. The first kappa shape index (κ1) is 9.71. The average Bonchev–Trinajstić information content (AvgIpc) is 1.82. The SMILES string of the molecule is C=CN/C=C(\C)PC(C)C. The lowest BCUT2D eigenvalue weighted by atomic mass is 10.6. The lowest BCUT2D eigenvalue weighted by Gasteiger charge is -2.04. The molecule has 1 unspecified atom stereocenters. The standard InChI is InChI=1S/C8H16NP/c1-5-9-6-8(4)10-7(2)3/h5-7,9-10H,1H2,2-4H3/b8-6+. The molecule has 0 aliphatic rings. The van der Waals surface area contributed by atoms with Crippen LogP contribution in [0.4, 0.5) is 0 Å². The van der Waals surface area contributed by atoms with Gasteiger partial charge in [-0.15, -0.1) is 0 Å². The van der Waals surface area contributed by atoms with Crippen LogP contribution in [0.15, 0.2) is 24.3 Å². The normalized spacial score (nSPS) is 13.0. The van der Waals surface area contributed by atoms with E-state index in [0.29, 0.717) is 0 Å². The minimum absolute atomic E-state index is 0.767. The zero-order valence-corrected chi connectivity index (χ0v) is 7.94. The number of rotatable bonds is 4. The third-order valence-corrected chi connectivity index (χ3v) is 2.11. The van der Waals surface area contributed by atoms with Crippen molar-refractivity contribution in [1.29, 1.82) is 0 Å². The van der Waals surface area contributed by atoms with Gasteiger partial charge < -0.3 is 5.32 Å². The van der Waals surface area contributed by atoms with Crippen LogP contribution in [0.1, 0.15) is 20.8 Å². The quantitative estimate of drug-likeness (QED) is 0.618. The van der Waals surface area contributed by atoms with Crippen LogP contribution in [0, 0.1) is 0 Å². The van der Waals surface area contributed by atoms with E-state index in [0.717, 1.165) is 14.2 Å². The Kier molecular flexibility index (Phi) is 5.33. The van der Waals surface area contributed by atoms with Crippen LogP contribution in [0.3, 0.4) is 0 Å². The molecule has 0 rings (SSSR count). The van der Waals surface area contributed by atoms with Crippen LogP contribution >= 0.6 is 8.58 Å². The van der Waals surface area contributed by atoms with E-state index in [1.54, 1.807) is 6.20 Å². The van der Waals surface area contributed by atoms with Crippen LogP contribution < -0.4 is 5.32 Å². The minimum Gasteiger partial charge on any atom is -0.368 e. The van der Waals surface area contributed by atoms with E-state index in [1.165, 1.54) is 5.31 Å². The third-order valence-electron chi connectivity index (χ3n) is 0.934. The maximum Gasteiger partial charge on any atom is 0.00359 e. The fourth-order valence-corrected chi connectivity index (χ4v) is 1.76. The van der Waals surface area contributed by atoms with Crippen LogP contribution in [0.2, 0.25) is 0 Å². The summed E-state index contributed by atoms with van der Waals surface area (Å²) in [4.78, 5) is 0.